The predicted octanol–water partition coefficient (Wildman–Crippen LogP) is 0.770. The van der Waals surface area contributed by atoms with Gasteiger partial charge in [-0.3, -0.25) is 4.68 Å². The quantitative estimate of drug-likeness (QED) is 0.824. The van der Waals surface area contributed by atoms with Crippen molar-refractivity contribution in [3.63, 3.8) is 0 Å². The van der Waals surface area contributed by atoms with E-state index < -0.39 is 0 Å². The van der Waals surface area contributed by atoms with Crippen LogP contribution in [0.5, 0.6) is 11.8 Å². The summed E-state index contributed by atoms with van der Waals surface area (Å²) in [5.41, 5.74) is 7.11. The third-order valence-electron chi connectivity index (χ3n) is 1.99. The number of aromatic nitrogens is 4. The highest BCUT2D eigenvalue weighted by molar-refractivity contribution is 5.19. The van der Waals surface area contributed by atoms with Crippen molar-refractivity contribution in [2.45, 2.75) is 13.5 Å². The van der Waals surface area contributed by atoms with Crippen molar-refractivity contribution in [1.29, 1.82) is 0 Å². The molecule has 2 aromatic rings. The van der Waals surface area contributed by atoms with E-state index in [1.165, 1.54) is 0 Å². The van der Waals surface area contributed by atoms with Crippen molar-refractivity contribution in [2.24, 2.45) is 12.8 Å². The van der Waals surface area contributed by atoms with E-state index in [4.69, 9.17) is 10.5 Å². The van der Waals surface area contributed by atoms with Crippen molar-refractivity contribution in [3.8, 4) is 11.8 Å². The van der Waals surface area contributed by atoms with Crippen molar-refractivity contribution < 1.29 is 4.74 Å². The van der Waals surface area contributed by atoms with Gasteiger partial charge < -0.3 is 10.5 Å². The summed E-state index contributed by atoms with van der Waals surface area (Å²) in [5, 5.41) is 3.99. The Morgan fingerprint density at radius 3 is 2.88 bits per heavy atom. The molecule has 6 heteroatoms. The molecule has 0 atom stereocenters. The largest absolute Gasteiger partial charge is 0.421 e. The lowest BCUT2D eigenvalue weighted by Gasteiger charge is -2.03. The van der Waals surface area contributed by atoms with Gasteiger partial charge in [0.15, 0.2) is 5.75 Å². The fourth-order valence-electron chi connectivity index (χ4n) is 1.31. The van der Waals surface area contributed by atoms with Gasteiger partial charge >= 0.3 is 6.01 Å². The molecule has 0 aromatic carbocycles. The minimum atomic E-state index is 0.299. The minimum absolute atomic E-state index is 0.299. The Morgan fingerprint density at radius 2 is 2.25 bits per heavy atom. The fraction of sp³-hybridized carbons (Fsp3) is 0.300. The van der Waals surface area contributed by atoms with Gasteiger partial charge in [-0.15, -0.1) is 0 Å². The average Bonchev–Trinajstić information content (AvgIpc) is 2.63. The Morgan fingerprint density at radius 1 is 1.44 bits per heavy atom. The first-order valence-electron chi connectivity index (χ1n) is 4.88. The summed E-state index contributed by atoms with van der Waals surface area (Å²) >= 11 is 0. The summed E-state index contributed by atoms with van der Waals surface area (Å²) in [6.45, 7) is 2.24. The van der Waals surface area contributed by atoms with Crippen LogP contribution in [0.25, 0.3) is 0 Å². The van der Waals surface area contributed by atoms with Crippen LogP contribution < -0.4 is 10.5 Å². The summed E-state index contributed by atoms with van der Waals surface area (Å²) in [7, 11) is 1.81. The monoisotopic (exact) mass is 219 g/mol. The van der Waals surface area contributed by atoms with Gasteiger partial charge in [-0.2, -0.15) is 10.1 Å². The predicted molar refractivity (Wildman–Crippen MR) is 57.9 cm³/mol. The second-order valence-electron chi connectivity index (χ2n) is 3.44. The molecule has 0 amide bonds. The van der Waals surface area contributed by atoms with E-state index >= 15 is 0 Å². The number of ether oxygens (including phenoxy) is 1. The number of nitrogens with two attached hydrogens (primary N) is 1. The number of aryl methyl sites for hydroxylation is 2. The van der Waals surface area contributed by atoms with E-state index in [1.54, 1.807) is 17.1 Å². The van der Waals surface area contributed by atoms with Gasteiger partial charge in [0.25, 0.3) is 0 Å². The first-order chi connectivity index (χ1) is 7.67. The van der Waals surface area contributed by atoms with Gasteiger partial charge in [-0.25, -0.2) is 4.98 Å². The first-order valence-corrected chi connectivity index (χ1v) is 4.88. The Hall–Kier alpha value is -1.95. The minimum Gasteiger partial charge on any atom is -0.421 e. The van der Waals surface area contributed by atoms with Crippen LogP contribution >= 0.6 is 0 Å². The number of hydrogen-bond acceptors (Lipinski definition) is 5. The summed E-state index contributed by atoms with van der Waals surface area (Å²) in [5.74, 6) is 0.607. The standard InChI is InChI=1S/C10H13N5O/c1-7-3-8(4-11)14-10(13-7)16-9-5-12-15(2)6-9/h3,5-6H,4,11H2,1-2H3. The van der Waals surface area contributed by atoms with Crippen molar-refractivity contribution in [1.82, 2.24) is 19.7 Å². The maximum Gasteiger partial charge on any atom is 0.322 e. The Kier molecular flexibility index (Phi) is 2.82. The maximum atomic E-state index is 5.52. The molecule has 0 bridgehead atoms. The lowest BCUT2D eigenvalue weighted by Crippen LogP contribution is -2.03. The van der Waals surface area contributed by atoms with Crippen LogP contribution in [0.2, 0.25) is 0 Å². The van der Waals surface area contributed by atoms with Crippen LogP contribution in [0.3, 0.4) is 0 Å². The highest BCUT2D eigenvalue weighted by Crippen LogP contribution is 2.16. The SMILES string of the molecule is Cc1cc(CN)nc(Oc2cnn(C)c2)n1. The van der Waals surface area contributed by atoms with E-state index in [9.17, 15) is 0 Å². The molecule has 0 saturated carbocycles. The van der Waals surface area contributed by atoms with Gasteiger partial charge in [0.05, 0.1) is 18.1 Å². The third-order valence-corrected chi connectivity index (χ3v) is 1.99. The van der Waals surface area contributed by atoms with Gasteiger partial charge in [0, 0.05) is 19.3 Å². The molecule has 2 rings (SSSR count). The molecule has 0 aliphatic carbocycles. The van der Waals surface area contributed by atoms with Crippen molar-refractivity contribution in [3.05, 3.63) is 29.8 Å². The molecular weight excluding hydrogens is 206 g/mol. The van der Waals surface area contributed by atoms with Crippen LogP contribution in [-0.2, 0) is 13.6 Å². The average molecular weight is 219 g/mol. The molecule has 16 heavy (non-hydrogen) atoms. The molecule has 0 saturated heterocycles. The third kappa shape index (κ3) is 2.34. The molecule has 0 unspecified atom stereocenters. The molecule has 0 radical (unpaired) electrons. The van der Waals surface area contributed by atoms with Crippen molar-refractivity contribution >= 4 is 0 Å². The highest BCUT2D eigenvalue weighted by Gasteiger charge is 2.05. The summed E-state index contributed by atoms with van der Waals surface area (Å²) in [6.07, 6.45) is 3.35. The van der Waals surface area contributed by atoms with Crippen LogP contribution in [0.4, 0.5) is 0 Å². The molecule has 0 aliphatic rings. The summed E-state index contributed by atoms with van der Waals surface area (Å²) in [6, 6.07) is 2.13. The van der Waals surface area contributed by atoms with E-state index in [-0.39, 0.29) is 0 Å². The Balaban J connectivity index is 2.24. The smallest absolute Gasteiger partial charge is 0.322 e. The lowest BCUT2D eigenvalue weighted by atomic mass is 10.3. The highest BCUT2D eigenvalue weighted by atomic mass is 16.5. The van der Waals surface area contributed by atoms with Crippen LogP contribution in [0.1, 0.15) is 11.4 Å². The molecule has 0 spiro atoms. The van der Waals surface area contributed by atoms with Gasteiger partial charge in [-0.1, -0.05) is 0 Å². The van der Waals surface area contributed by atoms with Crippen LogP contribution in [-0.4, -0.2) is 19.7 Å². The molecule has 2 heterocycles. The van der Waals surface area contributed by atoms with E-state index in [1.807, 2.05) is 20.0 Å². The number of rotatable bonds is 3. The second-order valence-corrected chi connectivity index (χ2v) is 3.44. The lowest BCUT2D eigenvalue weighted by molar-refractivity contribution is 0.437. The maximum absolute atomic E-state index is 5.52. The zero-order valence-electron chi connectivity index (χ0n) is 9.21. The van der Waals surface area contributed by atoms with E-state index in [0.29, 0.717) is 18.3 Å². The van der Waals surface area contributed by atoms with Crippen LogP contribution in [0.15, 0.2) is 18.5 Å². The fourth-order valence-corrected chi connectivity index (χ4v) is 1.31. The number of nitrogens with zero attached hydrogens (tertiary/aromatic N) is 4. The van der Waals surface area contributed by atoms with Gasteiger partial charge in [0.1, 0.15) is 0 Å². The molecule has 0 aliphatic heterocycles. The molecule has 2 N–H and O–H groups in total. The van der Waals surface area contributed by atoms with Gasteiger partial charge in [-0.05, 0) is 13.0 Å². The molecule has 0 fully saturated rings. The Labute approximate surface area is 93.1 Å². The van der Waals surface area contributed by atoms with Crippen molar-refractivity contribution in [2.75, 3.05) is 0 Å². The van der Waals surface area contributed by atoms with Gasteiger partial charge in [0.2, 0.25) is 0 Å². The molecule has 2 aromatic heterocycles. The number of hydrogen-bond donors (Lipinski definition) is 1. The second kappa shape index (κ2) is 4.28. The summed E-state index contributed by atoms with van der Waals surface area (Å²) in [4.78, 5) is 8.32. The molecule has 84 valence electrons. The van der Waals surface area contributed by atoms with Crippen LogP contribution in [0, 0.1) is 6.92 Å². The topological polar surface area (TPSA) is 78.9 Å². The zero-order valence-corrected chi connectivity index (χ0v) is 9.21. The molecular formula is C10H13N5O. The zero-order chi connectivity index (χ0) is 11.5. The Bertz CT molecular complexity index is 494. The van der Waals surface area contributed by atoms with E-state index in [0.717, 1.165) is 11.4 Å². The summed E-state index contributed by atoms with van der Waals surface area (Å²) < 4.78 is 7.11. The normalized spacial score (nSPS) is 10.4. The van der Waals surface area contributed by atoms with E-state index in [2.05, 4.69) is 15.1 Å². The first kappa shape index (κ1) is 10.6. The molecule has 6 nitrogen and oxygen atoms in total.